The third kappa shape index (κ3) is 12.6. The highest BCUT2D eigenvalue weighted by Gasteiger charge is 2.69. The second-order valence-corrected chi connectivity index (χ2v) is 23.5. The van der Waals surface area contributed by atoms with Gasteiger partial charge in [0.05, 0.1) is 30.5 Å². The third-order valence-electron chi connectivity index (χ3n) is 18.5. The molecule has 3 heterocycles. The predicted octanol–water partition coefficient (Wildman–Crippen LogP) is 7.01. The number of ketones is 1. The van der Waals surface area contributed by atoms with E-state index in [1.54, 1.807) is 24.3 Å². The topological polar surface area (TPSA) is 259 Å². The van der Waals surface area contributed by atoms with E-state index in [9.17, 15) is 30.3 Å². The van der Waals surface area contributed by atoms with Crippen LogP contribution in [0.4, 0.5) is 0 Å². The summed E-state index contributed by atoms with van der Waals surface area (Å²) in [4.78, 5) is 33.9. The average Bonchev–Trinajstić information content (AvgIpc) is 3.60. The Morgan fingerprint density at radius 3 is 2.52 bits per heavy atom. The Morgan fingerprint density at radius 1 is 0.962 bits per heavy atom. The van der Waals surface area contributed by atoms with Gasteiger partial charge in [-0.2, -0.15) is 0 Å². The summed E-state index contributed by atoms with van der Waals surface area (Å²) < 4.78 is 6.30. The van der Waals surface area contributed by atoms with Gasteiger partial charge in [-0.1, -0.05) is 120 Å². The zero-order valence-corrected chi connectivity index (χ0v) is 46.0. The largest absolute Gasteiger partial charge is 0.508 e. The molecule has 14 nitrogen and oxygen atoms in total. The first-order valence-corrected chi connectivity index (χ1v) is 28.5. The molecule has 3 saturated carbocycles. The quantitative estimate of drug-likeness (QED) is 0.0536. The molecule has 79 heavy (non-hydrogen) atoms. The maximum atomic E-state index is 15.3. The van der Waals surface area contributed by atoms with Gasteiger partial charge < -0.3 is 52.8 Å². The maximum Gasteiger partial charge on any atom is 0.243 e. The molecule has 4 bridgehead atoms. The van der Waals surface area contributed by atoms with Gasteiger partial charge in [0.15, 0.2) is 11.7 Å². The van der Waals surface area contributed by atoms with E-state index in [0.717, 1.165) is 59.1 Å². The lowest BCUT2D eigenvalue weighted by atomic mass is 9.51. The van der Waals surface area contributed by atoms with Crippen LogP contribution in [0.3, 0.4) is 0 Å². The van der Waals surface area contributed by atoms with Gasteiger partial charge in [0.1, 0.15) is 24.6 Å². The van der Waals surface area contributed by atoms with Crippen molar-refractivity contribution in [1.82, 2.24) is 10.6 Å². The van der Waals surface area contributed by atoms with Gasteiger partial charge in [-0.3, -0.25) is 19.9 Å². The summed E-state index contributed by atoms with van der Waals surface area (Å²) in [7, 11) is 0. The molecule has 0 aromatic heterocycles. The molecule has 14 heteroatoms. The predicted molar refractivity (Wildman–Crippen MR) is 308 cm³/mol. The summed E-state index contributed by atoms with van der Waals surface area (Å²) in [5.74, 6) is 4.02. The van der Waals surface area contributed by atoms with Crippen molar-refractivity contribution in [3.05, 3.63) is 159 Å². The molecule has 9 rings (SSSR count). The number of hydrogen-bond donors (Lipinski definition) is 10. The Balaban J connectivity index is 1.13. The number of benzene rings is 3. The Kier molecular flexibility index (Phi) is 18.3. The smallest absolute Gasteiger partial charge is 0.243 e. The van der Waals surface area contributed by atoms with Gasteiger partial charge in [0, 0.05) is 43.2 Å². The van der Waals surface area contributed by atoms with Crippen LogP contribution in [0.15, 0.2) is 130 Å². The number of aliphatic hydroxyl groups is 4. The number of phenols is 1. The number of carbonyl (C=O) groups is 2. The minimum Gasteiger partial charge on any atom is -0.508 e. The number of allylic oxidation sites excluding steroid dienone is 8. The van der Waals surface area contributed by atoms with Crippen LogP contribution in [0.5, 0.6) is 5.75 Å². The number of amides is 1. The number of carbonyl (C=O) groups excluding carboxylic acids is 2. The van der Waals surface area contributed by atoms with E-state index in [4.69, 9.17) is 21.9 Å². The van der Waals surface area contributed by atoms with Crippen molar-refractivity contribution in [3.8, 4) is 17.6 Å². The van der Waals surface area contributed by atoms with Crippen molar-refractivity contribution in [2.45, 2.75) is 146 Å². The van der Waals surface area contributed by atoms with Crippen LogP contribution in [0.2, 0.25) is 0 Å². The number of rotatable bonds is 5. The molecule has 0 saturated heterocycles. The van der Waals surface area contributed by atoms with E-state index in [-0.39, 0.29) is 62.1 Å². The van der Waals surface area contributed by atoms with Crippen molar-refractivity contribution < 1.29 is 39.9 Å². The Bertz CT molecular complexity index is 2970. The summed E-state index contributed by atoms with van der Waals surface area (Å²) >= 11 is 0. The fraction of sp³-hybridized carbons (Fsp3) is 0.492. The molecular weight excluding hydrogens is 993 g/mol. The first-order valence-electron chi connectivity index (χ1n) is 28.5. The van der Waals surface area contributed by atoms with Gasteiger partial charge >= 0.3 is 0 Å². The van der Waals surface area contributed by atoms with Crippen LogP contribution in [0, 0.1) is 40.9 Å². The van der Waals surface area contributed by atoms with E-state index in [1.165, 1.54) is 5.57 Å². The molecule has 0 radical (unpaired) electrons. The molecule has 3 fully saturated rings. The van der Waals surface area contributed by atoms with Crippen molar-refractivity contribution >= 4 is 17.6 Å². The lowest BCUT2D eigenvalue weighted by Gasteiger charge is -2.57. The molecule has 3 aromatic rings. The Labute approximate surface area is 466 Å². The second-order valence-electron chi connectivity index (χ2n) is 23.5. The first-order chi connectivity index (χ1) is 38.0. The minimum atomic E-state index is -1.26. The number of nitrogens with two attached hydrogens (primary N) is 3. The number of aromatic hydroxyl groups is 1. The highest BCUT2D eigenvalue weighted by molar-refractivity contribution is 5.98. The lowest BCUT2D eigenvalue weighted by Crippen LogP contribution is -2.61. The van der Waals surface area contributed by atoms with Crippen LogP contribution < -0.4 is 27.8 Å². The molecule has 3 aliphatic carbocycles. The number of fused-ring (bicyclic) bond motifs is 4. The fourth-order valence-corrected chi connectivity index (χ4v) is 14.6. The minimum absolute atomic E-state index is 0.00523. The summed E-state index contributed by atoms with van der Waals surface area (Å²) in [5.41, 5.74) is 25.2. The highest BCUT2D eigenvalue weighted by Crippen LogP contribution is 2.68. The van der Waals surface area contributed by atoms with Crippen LogP contribution in [-0.4, -0.2) is 93.4 Å². The summed E-state index contributed by atoms with van der Waals surface area (Å²) in [6.45, 7) is 8.84. The zero-order chi connectivity index (χ0) is 56.0. The van der Waals surface area contributed by atoms with Gasteiger partial charge in [0.25, 0.3) is 0 Å². The third-order valence-corrected chi connectivity index (χ3v) is 18.5. The van der Waals surface area contributed by atoms with Crippen molar-refractivity contribution in [2.75, 3.05) is 26.3 Å². The molecule has 1 amide bonds. The molecule has 0 unspecified atom stereocenters. The molecule has 12 atom stereocenters. The molecule has 13 N–H and O–H groups in total. The molecule has 3 aromatic carbocycles. The zero-order valence-electron chi connectivity index (χ0n) is 46.0. The van der Waals surface area contributed by atoms with Crippen LogP contribution >= 0.6 is 0 Å². The molecule has 1 spiro atoms. The number of aliphatic hydroxyl groups excluding tert-OH is 3. The Morgan fingerprint density at radius 2 is 1.73 bits per heavy atom. The van der Waals surface area contributed by atoms with Crippen molar-refractivity contribution in [2.24, 2.45) is 51.3 Å². The summed E-state index contributed by atoms with van der Waals surface area (Å²) in [5, 5.41) is 68.1. The van der Waals surface area contributed by atoms with Crippen LogP contribution in [0.1, 0.15) is 136 Å². The highest BCUT2D eigenvalue weighted by atomic mass is 16.5. The Hall–Kier alpha value is -6.15. The summed E-state index contributed by atoms with van der Waals surface area (Å²) in [6.07, 6.45) is 11.7. The number of phenolic OH excluding ortho intramolecular Hbond substituents is 1. The number of nitrogens with one attached hydrogen (secondary N) is 2. The number of hydrogen-bond acceptors (Lipinski definition) is 11. The van der Waals surface area contributed by atoms with Crippen molar-refractivity contribution in [3.63, 3.8) is 0 Å². The number of guanidine groups is 1. The maximum absolute atomic E-state index is 15.3. The monoisotopic (exact) mass is 1070 g/mol. The van der Waals surface area contributed by atoms with E-state index in [0.29, 0.717) is 80.1 Å². The van der Waals surface area contributed by atoms with E-state index in [2.05, 4.69) is 53.1 Å². The number of nitrogens with zero attached hydrogens (tertiary/aromatic N) is 1. The SMILES string of the molecule is C=C1/C=C/C=C(\[C@H]2[C@@H]3CCC[C@@]4(O)CC/C5=C(/C)C(=O)Cc6cccc7c6[C@@H](NC[C@@H](O)[C@H]([C@H](CN=C(N)N)c6ccc(O)cc6)Cc6cccc(c6)C[C@@H](O)CC[C@H]5[C@]4(C3)[C@@H]2O)C(=O)N[C@H]7N)COCC#CC/C(C)=C/CC1. The molecule has 6 aliphatic rings. The van der Waals surface area contributed by atoms with E-state index < -0.39 is 65.2 Å². The first kappa shape index (κ1) is 57.5. The second kappa shape index (κ2) is 25.1. The van der Waals surface area contributed by atoms with Crippen LogP contribution in [-0.2, 0) is 33.6 Å². The number of β-amino-alcohol motifs (C(OH)–C–C–N with tert-alkyl or cyclic N) is 1. The van der Waals surface area contributed by atoms with E-state index >= 15 is 4.79 Å². The number of Topliss-reactive ketones (excluding diaryl/α,β-unsaturated/α-hetero) is 1. The van der Waals surface area contributed by atoms with E-state index in [1.807, 2.05) is 61.5 Å². The standard InChI is InChI=1S/C65H82N6O8/c1-39-11-4-5-30-79-38-47(18-7-14-40(2)13-6-12-39)57-46-19-10-28-64(78)29-27-50-41(3)55(74)34-45-17-9-20-51-58(45)59(62(77)71-61(51)66)69-37-56(75)52(53(36-70-63(67)68)44-21-23-48(72)24-22-44)33-43-16-8-15-42(31-43)32-49(73)25-26-54(50)65(64,35-46)60(57)76/h7-9,12,14-18,20-24,31,46,49,52-54,56-57,59-61,69,72-73,75-76,78H,2,6,10-11,13,19,25-30,32-38,66H2,1,3H3,(H,71,77)(H4,67,68,70)/b14-7+,39-12+,47-18-,50-41+/t46-,49+,52+,53-,54-,56-,57-,59-,60-,61-,64-,65-/m1/s1. The molecule has 3 aliphatic heterocycles. The number of ether oxygens (including phenoxy) is 1. The number of aliphatic imine (C=N–C) groups is 1. The van der Waals surface area contributed by atoms with Gasteiger partial charge in [-0.25, -0.2) is 0 Å². The molecular formula is C65H82N6O8. The molecule has 420 valence electrons. The average molecular weight is 1080 g/mol. The van der Waals surface area contributed by atoms with Gasteiger partial charge in [0.2, 0.25) is 5.91 Å². The normalized spacial score (nSPS) is 34.3. The lowest BCUT2D eigenvalue weighted by molar-refractivity contribution is -0.181. The van der Waals surface area contributed by atoms with Gasteiger partial charge in [-0.15, -0.1) is 0 Å². The van der Waals surface area contributed by atoms with Crippen LogP contribution in [0.25, 0.3) is 0 Å². The van der Waals surface area contributed by atoms with Gasteiger partial charge in [-0.05, 0) is 159 Å². The summed E-state index contributed by atoms with van der Waals surface area (Å²) in [6, 6.07) is 19.3. The van der Waals surface area contributed by atoms with Crippen molar-refractivity contribution in [1.29, 1.82) is 0 Å². The fourth-order valence-electron chi connectivity index (χ4n) is 14.6.